The first-order valence-corrected chi connectivity index (χ1v) is 6.58. The van der Waals surface area contributed by atoms with E-state index in [2.05, 4.69) is 76.8 Å². The standard InChI is InChI=1S/C18H24/c1-6-7-8-18-13-17(5)15(3)11-9-14(2)10-12-16(18)4/h6-12,16H,2,13H2,1,3-5H3/b7-6-,11-9-,12-10-,17-15-,18-8-. The van der Waals surface area contributed by atoms with E-state index in [-0.39, 0.29) is 0 Å². The van der Waals surface area contributed by atoms with E-state index >= 15 is 0 Å². The van der Waals surface area contributed by atoms with Crippen LogP contribution < -0.4 is 0 Å². The van der Waals surface area contributed by atoms with Gasteiger partial charge < -0.3 is 0 Å². The molecule has 0 heteroatoms. The Morgan fingerprint density at radius 2 is 1.94 bits per heavy atom. The fraction of sp³-hybridized carbons (Fsp3) is 0.333. The quantitative estimate of drug-likeness (QED) is 0.565. The first-order valence-electron chi connectivity index (χ1n) is 6.58. The van der Waals surface area contributed by atoms with Crippen molar-refractivity contribution in [2.45, 2.75) is 34.1 Å². The SMILES string of the molecule is C=C1/C=C\C(C)=C(\C)C/C(=C/C=C\C)C(C)/C=C\1. The van der Waals surface area contributed by atoms with Crippen LogP contribution >= 0.6 is 0 Å². The van der Waals surface area contributed by atoms with Crippen LogP contribution in [0.3, 0.4) is 0 Å². The van der Waals surface area contributed by atoms with Gasteiger partial charge in [0.2, 0.25) is 0 Å². The molecule has 0 aromatic carbocycles. The van der Waals surface area contributed by atoms with Crippen molar-refractivity contribution in [1.29, 1.82) is 0 Å². The Bertz CT molecular complexity index is 450. The lowest BCUT2D eigenvalue weighted by atomic mass is 9.90. The van der Waals surface area contributed by atoms with E-state index in [0.29, 0.717) is 5.92 Å². The highest BCUT2D eigenvalue weighted by molar-refractivity contribution is 5.38. The van der Waals surface area contributed by atoms with Crippen molar-refractivity contribution in [1.82, 2.24) is 0 Å². The van der Waals surface area contributed by atoms with E-state index in [4.69, 9.17) is 0 Å². The van der Waals surface area contributed by atoms with Crippen molar-refractivity contribution < 1.29 is 0 Å². The molecule has 1 aliphatic rings. The summed E-state index contributed by atoms with van der Waals surface area (Å²) in [6.45, 7) is 12.7. The molecule has 0 N–H and O–H groups in total. The van der Waals surface area contributed by atoms with E-state index in [0.717, 1.165) is 12.0 Å². The molecule has 1 atom stereocenters. The highest BCUT2D eigenvalue weighted by Gasteiger charge is 2.08. The van der Waals surface area contributed by atoms with Gasteiger partial charge in [0.15, 0.2) is 0 Å². The van der Waals surface area contributed by atoms with Crippen LogP contribution in [-0.2, 0) is 0 Å². The molecule has 0 aromatic rings. The van der Waals surface area contributed by atoms with E-state index in [1.807, 2.05) is 0 Å². The molecule has 0 fully saturated rings. The van der Waals surface area contributed by atoms with Crippen molar-refractivity contribution in [2.24, 2.45) is 5.92 Å². The fourth-order valence-corrected chi connectivity index (χ4v) is 1.86. The number of hydrogen-bond donors (Lipinski definition) is 0. The van der Waals surface area contributed by atoms with Gasteiger partial charge in [0.25, 0.3) is 0 Å². The molecule has 0 spiro atoms. The molecule has 0 saturated heterocycles. The molecule has 0 radical (unpaired) electrons. The van der Waals surface area contributed by atoms with Gasteiger partial charge in [-0.05, 0) is 38.7 Å². The van der Waals surface area contributed by atoms with Crippen molar-refractivity contribution in [3.63, 3.8) is 0 Å². The van der Waals surface area contributed by atoms with E-state index < -0.39 is 0 Å². The highest BCUT2D eigenvalue weighted by Crippen LogP contribution is 2.24. The largest absolute Gasteiger partial charge is 0.0918 e. The van der Waals surface area contributed by atoms with Crippen LogP contribution in [0, 0.1) is 5.92 Å². The van der Waals surface area contributed by atoms with Crippen LogP contribution in [0.2, 0.25) is 0 Å². The third-order valence-electron chi connectivity index (χ3n) is 3.38. The first-order chi connectivity index (χ1) is 8.54. The number of rotatable bonds is 1. The summed E-state index contributed by atoms with van der Waals surface area (Å²) >= 11 is 0. The van der Waals surface area contributed by atoms with Crippen LogP contribution in [0.5, 0.6) is 0 Å². The second kappa shape index (κ2) is 7.00. The maximum absolute atomic E-state index is 4.04. The minimum Gasteiger partial charge on any atom is -0.0918 e. The smallest absolute Gasteiger partial charge is 0.00420 e. The molecular weight excluding hydrogens is 216 g/mol. The fourth-order valence-electron chi connectivity index (χ4n) is 1.86. The lowest BCUT2D eigenvalue weighted by Crippen LogP contribution is -1.99. The molecule has 0 heterocycles. The van der Waals surface area contributed by atoms with Crippen LogP contribution in [0.4, 0.5) is 0 Å². The maximum atomic E-state index is 4.04. The highest BCUT2D eigenvalue weighted by atomic mass is 14.1. The predicted molar refractivity (Wildman–Crippen MR) is 82.5 cm³/mol. The topological polar surface area (TPSA) is 0 Å². The van der Waals surface area contributed by atoms with Crippen molar-refractivity contribution in [3.8, 4) is 0 Å². The van der Waals surface area contributed by atoms with Crippen LogP contribution in [0.25, 0.3) is 0 Å². The Labute approximate surface area is 112 Å². The average Bonchev–Trinajstić information content (AvgIpc) is 2.36. The molecule has 0 nitrogen and oxygen atoms in total. The first kappa shape index (κ1) is 14.5. The van der Waals surface area contributed by atoms with Crippen molar-refractivity contribution in [2.75, 3.05) is 0 Å². The number of hydrogen-bond acceptors (Lipinski definition) is 0. The molecule has 1 aliphatic carbocycles. The Morgan fingerprint density at radius 3 is 2.61 bits per heavy atom. The molecule has 1 rings (SSSR count). The summed E-state index contributed by atoms with van der Waals surface area (Å²) in [6.07, 6.45) is 16.1. The number of allylic oxidation sites excluding steroid dienone is 11. The Morgan fingerprint density at radius 1 is 1.22 bits per heavy atom. The van der Waals surface area contributed by atoms with Gasteiger partial charge in [-0.25, -0.2) is 0 Å². The third kappa shape index (κ3) is 4.37. The molecule has 0 aliphatic heterocycles. The summed E-state index contributed by atoms with van der Waals surface area (Å²) in [5.41, 5.74) is 5.27. The molecule has 18 heavy (non-hydrogen) atoms. The predicted octanol–water partition coefficient (Wildman–Crippen LogP) is 5.53. The minimum atomic E-state index is 0.451. The minimum absolute atomic E-state index is 0.451. The van der Waals surface area contributed by atoms with Gasteiger partial charge in [0.05, 0.1) is 0 Å². The Kier molecular flexibility index (Phi) is 5.64. The summed E-state index contributed by atoms with van der Waals surface area (Å²) in [7, 11) is 0. The van der Waals surface area contributed by atoms with Gasteiger partial charge in [-0.15, -0.1) is 0 Å². The molecule has 0 saturated carbocycles. The molecule has 0 amide bonds. The Hall–Kier alpha value is -1.56. The Balaban J connectivity index is 3.17. The summed E-state index contributed by atoms with van der Waals surface area (Å²) < 4.78 is 0. The average molecular weight is 240 g/mol. The zero-order chi connectivity index (χ0) is 13.5. The summed E-state index contributed by atoms with van der Waals surface area (Å²) in [5.74, 6) is 0.451. The normalized spacial score (nSPS) is 31.9. The van der Waals surface area contributed by atoms with E-state index in [1.165, 1.54) is 16.7 Å². The molecule has 0 bridgehead atoms. The maximum Gasteiger partial charge on any atom is -0.00420 e. The van der Waals surface area contributed by atoms with Crippen molar-refractivity contribution >= 4 is 0 Å². The lowest BCUT2D eigenvalue weighted by molar-refractivity contribution is 0.814. The van der Waals surface area contributed by atoms with Gasteiger partial charge in [-0.1, -0.05) is 72.8 Å². The van der Waals surface area contributed by atoms with E-state index in [1.54, 1.807) is 0 Å². The van der Waals surface area contributed by atoms with Gasteiger partial charge in [-0.3, -0.25) is 0 Å². The third-order valence-corrected chi connectivity index (χ3v) is 3.38. The zero-order valence-corrected chi connectivity index (χ0v) is 12.0. The van der Waals surface area contributed by atoms with Gasteiger partial charge in [0.1, 0.15) is 0 Å². The summed E-state index contributed by atoms with van der Waals surface area (Å²) in [5, 5.41) is 0. The summed E-state index contributed by atoms with van der Waals surface area (Å²) in [4.78, 5) is 0. The van der Waals surface area contributed by atoms with Crippen molar-refractivity contribution in [3.05, 3.63) is 71.4 Å². The zero-order valence-electron chi connectivity index (χ0n) is 12.0. The molecule has 1 unspecified atom stereocenters. The van der Waals surface area contributed by atoms with Gasteiger partial charge >= 0.3 is 0 Å². The molecular formula is C18H24. The van der Waals surface area contributed by atoms with Crippen LogP contribution in [0.15, 0.2) is 71.4 Å². The monoisotopic (exact) mass is 240 g/mol. The summed E-state index contributed by atoms with van der Waals surface area (Å²) in [6, 6.07) is 0. The molecule has 96 valence electrons. The van der Waals surface area contributed by atoms with Gasteiger partial charge in [-0.2, -0.15) is 0 Å². The van der Waals surface area contributed by atoms with Crippen LogP contribution in [0.1, 0.15) is 34.1 Å². The van der Waals surface area contributed by atoms with Gasteiger partial charge in [0, 0.05) is 0 Å². The van der Waals surface area contributed by atoms with Crippen LogP contribution in [-0.4, -0.2) is 0 Å². The second-order valence-corrected chi connectivity index (χ2v) is 4.96. The lowest BCUT2D eigenvalue weighted by Gasteiger charge is -2.15. The van der Waals surface area contributed by atoms with E-state index in [9.17, 15) is 0 Å². The second-order valence-electron chi connectivity index (χ2n) is 4.96. The molecule has 0 aromatic heterocycles.